The molecule has 1 aromatic heterocycles. The summed E-state index contributed by atoms with van der Waals surface area (Å²) in [5.74, 6) is 0.638. The fourth-order valence-electron chi connectivity index (χ4n) is 3.70. The van der Waals surface area contributed by atoms with Gasteiger partial charge in [0.15, 0.2) is 0 Å². The quantitative estimate of drug-likeness (QED) is 0.900. The van der Waals surface area contributed by atoms with Crippen LogP contribution in [0.15, 0.2) is 53.3 Å². The van der Waals surface area contributed by atoms with Crippen LogP contribution >= 0.6 is 0 Å². The summed E-state index contributed by atoms with van der Waals surface area (Å²) in [5.41, 5.74) is 1.72. The highest BCUT2D eigenvalue weighted by molar-refractivity contribution is 5.94. The van der Waals surface area contributed by atoms with Gasteiger partial charge in [0, 0.05) is 25.6 Å². The monoisotopic (exact) mass is 352 g/mol. The lowest BCUT2D eigenvalue weighted by Crippen LogP contribution is -2.48. The Kier molecular flexibility index (Phi) is 4.78. The van der Waals surface area contributed by atoms with Crippen molar-refractivity contribution >= 4 is 11.8 Å². The van der Waals surface area contributed by atoms with Crippen molar-refractivity contribution in [3.63, 3.8) is 0 Å². The molecule has 26 heavy (non-hydrogen) atoms. The highest BCUT2D eigenvalue weighted by Gasteiger charge is 2.35. The van der Waals surface area contributed by atoms with Gasteiger partial charge in [-0.15, -0.1) is 0 Å². The van der Waals surface area contributed by atoms with Gasteiger partial charge in [0.1, 0.15) is 6.26 Å². The second kappa shape index (κ2) is 7.36. The SMILES string of the molecule is O=C(NCC1CC1)[C@H]1C[C@@H](c2ccccc2)CN(C(=O)c2ccoc2)C1. The third kappa shape index (κ3) is 3.82. The fourth-order valence-corrected chi connectivity index (χ4v) is 3.70. The Morgan fingerprint density at radius 2 is 1.92 bits per heavy atom. The van der Waals surface area contributed by atoms with Crippen molar-refractivity contribution < 1.29 is 14.0 Å². The van der Waals surface area contributed by atoms with Crippen molar-refractivity contribution in [1.29, 1.82) is 0 Å². The average molecular weight is 352 g/mol. The molecule has 1 saturated carbocycles. The molecular weight excluding hydrogens is 328 g/mol. The summed E-state index contributed by atoms with van der Waals surface area (Å²) in [4.78, 5) is 27.3. The zero-order chi connectivity index (χ0) is 17.9. The number of nitrogens with one attached hydrogen (secondary N) is 1. The number of likely N-dealkylation sites (tertiary alicyclic amines) is 1. The molecule has 1 aliphatic carbocycles. The van der Waals surface area contributed by atoms with Crippen LogP contribution < -0.4 is 5.32 Å². The predicted molar refractivity (Wildman–Crippen MR) is 97.6 cm³/mol. The van der Waals surface area contributed by atoms with E-state index >= 15 is 0 Å². The highest BCUT2D eigenvalue weighted by atomic mass is 16.3. The molecular formula is C21H24N2O3. The van der Waals surface area contributed by atoms with Crippen molar-refractivity contribution in [3.8, 4) is 0 Å². The van der Waals surface area contributed by atoms with E-state index in [-0.39, 0.29) is 23.7 Å². The van der Waals surface area contributed by atoms with Gasteiger partial charge in [-0.25, -0.2) is 0 Å². The van der Waals surface area contributed by atoms with E-state index in [9.17, 15) is 9.59 Å². The Labute approximate surface area is 153 Å². The molecule has 2 aliphatic rings. The molecule has 1 N–H and O–H groups in total. The van der Waals surface area contributed by atoms with Crippen molar-refractivity contribution in [3.05, 3.63) is 60.1 Å². The van der Waals surface area contributed by atoms with Crippen LogP contribution in [-0.2, 0) is 4.79 Å². The lowest BCUT2D eigenvalue weighted by Gasteiger charge is -2.37. The number of benzene rings is 1. The first-order valence-corrected chi connectivity index (χ1v) is 9.35. The summed E-state index contributed by atoms with van der Waals surface area (Å²) < 4.78 is 5.06. The number of rotatable bonds is 5. The number of furan rings is 1. The first-order valence-electron chi connectivity index (χ1n) is 9.35. The minimum atomic E-state index is -0.177. The van der Waals surface area contributed by atoms with E-state index in [4.69, 9.17) is 4.42 Å². The van der Waals surface area contributed by atoms with Crippen molar-refractivity contribution in [2.45, 2.75) is 25.2 Å². The molecule has 4 rings (SSSR count). The highest BCUT2D eigenvalue weighted by Crippen LogP contribution is 2.32. The summed E-state index contributed by atoms with van der Waals surface area (Å²) in [5, 5.41) is 3.09. The van der Waals surface area contributed by atoms with E-state index in [0.29, 0.717) is 24.6 Å². The second-order valence-corrected chi connectivity index (χ2v) is 7.45. The van der Waals surface area contributed by atoms with Crippen LogP contribution in [-0.4, -0.2) is 36.3 Å². The molecule has 2 amide bonds. The molecule has 1 saturated heterocycles. The van der Waals surface area contributed by atoms with Crippen LogP contribution in [0.2, 0.25) is 0 Å². The normalized spacial score (nSPS) is 22.8. The molecule has 2 atom stereocenters. The summed E-state index contributed by atoms with van der Waals surface area (Å²) in [7, 11) is 0. The maximum atomic E-state index is 12.8. The minimum Gasteiger partial charge on any atom is -0.472 e. The van der Waals surface area contributed by atoms with Gasteiger partial charge < -0.3 is 14.6 Å². The van der Waals surface area contributed by atoms with Gasteiger partial charge in [0.25, 0.3) is 5.91 Å². The van der Waals surface area contributed by atoms with Crippen LogP contribution in [0.1, 0.15) is 41.1 Å². The zero-order valence-electron chi connectivity index (χ0n) is 14.8. The van der Waals surface area contributed by atoms with E-state index in [0.717, 1.165) is 13.0 Å². The Morgan fingerprint density at radius 1 is 1.12 bits per heavy atom. The number of carbonyl (C=O) groups is 2. The van der Waals surface area contributed by atoms with Gasteiger partial charge in [-0.2, -0.15) is 0 Å². The fraction of sp³-hybridized carbons (Fsp3) is 0.429. The summed E-state index contributed by atoms with van der Waals surface area (Å²) in [6.45, 7) is 1.85. The lowest BCUT2D eigenvalue weighted by molar-refractivity contribution is -0.126. The average Bonchev–Trinajstić information content (AvgIpc) is 3.36. The molecule has 1 aromatic carbocycles. The third-order valence-electron chi connectivity index (χ3n) is 5.41. The Balaban J connectivity index is 1.51. The summed E-state index contributed by atoms with van der Waals surface area (Å²) in [6, 6.07) is 11.8. The van der Waals surface area contributed by atoms with E-state index in [1.807, 2.05) is 18.2 Å². The van der Waals surface area contributed by atoms with Gasteiger partial charge in [-0.3, -0.25) is 9.59 Å². The molecule has 2 heterocycles. The number of amides is 2. The van der Waals surface area contributed by atoms with Gasteiger partial charge in [-0.05, 0) is 36.8 Å². The predicted octanol–water partition coefficient (Wildman–Crippen LogP) is 3.05. The van der Waals surface area contributed by atoms with E-state index in [1.54, 1.807) is 11.0 Å². The third-order valence-corrected chi connectivity index (χ3v) is 5.41. The number of piperidine rings is 1. The summed E-state index contributed by atoms with van der Waals surface area (Å²) >= 11 is 0. The van der Waals surface area contributed by atoms with Crippen LogP contribution in [0.3, 0.4) is 0 Å². The van der Waals surface area contributed by atoms with Crippen LogP contribution in [0.5, 0.6) is 0 Å². The van der Waals surface area contributed by atoms with Crippen molar-refractivity contribution in [1.82, 2.24) is 10.2 Å². The standard InChI is InChI=1S/C21H24N2O3/c24-20(22-11-15-6-7-15)19-10-18(16-4-2-1-3-5-16)12-23(13-19)21(25)17-8-9-26-14-17/h1-5,8-9,14-15,18-19H,6-7,10-13H2,(H,22,24)/t18-,19+/m1/s1. The van der Waals surface area contributed by atoms with Gasteiger partial charge >= 0.3 is 0 Å². The molecule has 0 unspecified atom stereocenters. The molecule has 5 heteroatoms. The Morgan fingerprint density at radius 3 is 2.62 bits per heavy atom. The van der Waals surface area contributed by atoms with Gasteiger partial charge in [-0.1, -0.05) is 30.3 Å². The number of hydrogen-bond acceptors (Lipinski definition) is 3. The summed E-state index contributed by atoms with van der Waals surface area (Å²) in [6.07, 6.45) is 6.17. The van der Waals surface area contributed by atoms with E-state index < -0.39 is 0 Å². The van der Waals surface area contributed by atoms with Gasteiger partial charge in [0.2, 0.25) is 5.91 Å². The van der Waals surface area contributed by atoms with E-state index in [2.05, 4.69) is 17.4 Å². The number of carbonyl (C=O) groups excluding carboxylic acids is 2. The minimum absolute atomic E-state index is 0.0700. The van der Waals surface area contributed by atoms with Crippen LogP contribution in [0.4, 0.5) is 0 Å². The topological polar surface area (TPSA) is 62.6 Å². The van der Waals surface area contributed by atoms with Crippen LogP contribution in [0.25, 0.3) is 0 Å². The zero-order valence-corrected chi connectivity index (χ0v) is 14.8. The second-order valence-electron chi connectivity index (χ2n) is 7.45. The van der Waals surface area contributed by atoms with E-state index in [1.165, 1.54) is 30.9 Å². The molecule has 0 bridgehead atoms. The molecule has 2 fully saturated rings. The molecule has 0 spiro atoms. The molecule has 1 aliphatic heterocycles. The largest absolute Gasteiger partial charge is 0.472 e. The maximum absolute atomic E-state index is 12.8. The molecule has 136 valence electrons. The van der Waals surface area contributed by atoms with Crippen molar-refractivity contribution in [2.75, 3.05) is 19.6 Å². The Hall–Kier alpha value is -2.56. The first-order chi connectivity index (χ1) is 12.7. The first kappa shape index (κ1) is 16.9. The van der Waals surface area contributed by atoms with Crippen LogP contribution in [0, 0.1) is 11.8 Å². The van der Waals surface area contributed by atoms with Crippen molar-refractivity contribution in [2.24, 2.45) is 11.8 Å². The smallest absolute Gasteiger partial charge is 0.257 e. The maximum Gasteiger partial charge on any atom is 0.257 e. The van der Waals surface area contributed by atoms with Gasteiger partial charge in [0.05, 0.1) is 17.7 Å². The Bertz CT molecular complexity index is 753. The lowest BCUT2D eigenvalue weighted by atomic mass is 9.84. The molecule has 0 radical (unpaired) electrons. The molecule has 5 nitrogen and oxygen atoms in total. The number of hydrogen-bond donors (Lipinski definition) is 1. The number of nitrogens with zero attached hydrogens (tertiary/aromatic N) is 1. The molecule has 2 aromatic rings.